The van der Waals surface area contributed by atoms with Crippen molar-refractivity contribution in [2.75, 3.05) is 26.0 Å². The van der Waals surface area contributed by atoms with Gasteiger partial charge in [-0.05, 0) is 18.8 Å². The van der Waals surface area contributed by atoms with Crippen molar-refractivity contribution in [2.45, 2.75) is 12.8 Å². The Labute approximate surface area is 89.5 Å². The number of piperidine rings is 1. The average Bonchev–Trinajstić information content (AvgIpc) is 2.14. The number of rotatable bonds is 3. The maximum atomic E-state index is 10.8. The van der Waals surface area contributed by atoms with Gasteiger partial charge in [-0.25, -0.2) is 4.79 Å². The summed E-state index contributed by atoms with van der Waals surface area (Å²) in [5, 5.41) is 0. The lowest BCUT2D eigenvalue weighted by molar-refractivity contribution is 0.153. The van der Waals surface area contributed by atoms with E-state index in [1.165, 1.54) is 0 Å². The lowest BCUT2D eigenvalue weighted by Crippen LogP contribution is -2.42. The first-order valence-electron chi connectivity index (χ1n) is 4.77. The Balaban J connectivity index is 2.29. The third-order valence-corrected chi connectivity index (χ3v) is 3.01. The summed E-state index contributed by atoms with van der Waals surface area (Å²) in [6.07, 6.45) is 2.50. The molecule has 0 aromatic heterocycles. The van der Waals surface area contributed by atoms with Crippen LogP contribution in [0.3, 0.4) is 0 Å². The van der Waals surface area contributed by atoms with E-state index in [0.717, 1.165) is 19.1 Å². The zero-order valence-electron chi connectivity index (χ0n) is 8.68. The van der Waals surface area contributed by atoms with E-state index >= 15 is 0 Å². The summed E-state index contributed by atoms with van der Waals surface area (Å²) in [6.45, 7) is 1.35. The molecule has 15 heavy (non-hydrogen) atoms. The monoisotopic (exact) mass is 236 g/mol. The van der Waals surface area contributed by atoms with Crippen molar-refractivity contribution in [2.24, 2.45) is 11.7 Å². The van der Waals surface area contributed by atoms with E-state index in [9.17, 15) is 13.2 Å². The summed E-state index contributed by atoms with van der Waals surface area (Å²) in [5.74, 6) is 0.190. The fourth-order valence-electron chi connectivity index (χ4n) is 1.54. The molecular weight excluding hydrogens is 220 g/mol. The molecule has 0 aliphatic carbocycles. The van der Waals surface area contributed by atoms with Gasteiger partial charge in [0.25, 0.3) is 10.1 Å². The van der Waals surface area contributed by atoms with E-state index in [0.29, 0.717) is 13.1 Å². The first-order valence-corrected chi connectivity index (χ1v) is 6.59. The van der Waals surface area contributed by atoms with Crippen LogP contribution in [0.4, 0.5) is 4.79 Å². The number of carbonyl (C=O) groups excluding carboxylic acids is 1. The zero-order valence-corrected chi connectivity index (χ0v) is 9.50. The molecule has 0 spiro atoms. The Morgan fingerprint density at radius 3 is 2.40 bits per heavy atom. The molecule has 0 atom stereocenters. The first kappa shape index (κ1) is 12.3. The van der Waals surface area contributed by atoms with Crippen molar-refractivity contribution in [3.63, 3.8) is 0 Å². The van der Waals surface area contributed by atoms with Gasteiger partial charge in [0.2, 0.25) is 0 Å². The lowest BCUT2D eigenvalue weighted by Gasteiger charge is -2.30. The molecule has 88 valence electrons. The summed E-state index contributed by atoms with van der Waals surface area (Å²) >= 11 is 0. The molecule has 7 heteroatoms. The van der Waals surface area contributed by atoms with Gasteiger partial charge in [0.15, 0.2) is 0 Å². The predicted octanol–water partition coefficient (Wildman–Crippen LogP) is -0.247. The Kier molecular flexibility index (Phi) is 3.92. The highest BCUT2D eigenvalue weighted by atomic mass is 32.2. The standard InChI is InChI=1S/C8H16N2O4S/c1-15(12,13)14-6-7-2-4-10(5-3-7)8(9)11/h7H,2-6H2,1H3,(H2,9,11). The van der Waals surface area contributed by atoms with Crippen LogP contribution in [0.5, 0.6) is 0 Å². The molecule has 2 amide bonds. The molecule has 6 nitrogen and oxygen atoms in total. The van der Waals surface area contributed by atoms with E-state index in [1.54, 1.807) is 4.90 Å². The van der Waals surface area contributed by atoms with E-state index < -0.39 is 16.1 Å². The second kappa shape index (κ2) is 4.80. The molecule has 1 aliphatic rings. The molecule has 0 aromatic rings. The second-order valence-corrected chi connectivity index (χ2v) is 5.40. The summed E-state index contributed by atoms with van der Waals surface area (Å²) in [4.78, 5) is 12.4. The Hall–Kier alpha value is -0.820. The number of primary amides is 1. The van der Waals surface area contributed by atoms with Gasteiger partial charge in [-0.15, -0.1) is 0 Å². The highest BCUT2D eigenvalue weighted by molar-refractivity contribution is 7.85. The molecule has 1 rings (SSSR count). The molecule has 1 fully saturated rings. The number of nitrogens with zero attached hydrogens (tertiary/aromatic N) is 1. The SMILES string of the molecule is CS(=O)(=O)OCC1CCN(C(N)=O)CC1. The Bertz CT molecular complexity index is 320. The minimum absolute atomic E-state index is 0.190. The van der Waals surface area contributed by atoms with Crippen LogP contribution in [-0.2, 0) is 14.3 Å². The van der Waals surface area contributed by atoms with Gasteiger partial charge in [-0.1, -0.05) is 0 Å². The van der Waals surface area contributed by atoms with Crippen molar-refractivity contribution in [1.82, 2.24) is 4.90 Å². The van der Waals surface area contributed by atoms with Crippen LogP contribution in [0, 0.1) is 5.92 Å². The molecule has 1 aliphatic heterocycles. The molecule has 0 radical (unpaired) electrons. The number of carbonyl (C=O) groups is 1. The molecule has 0 aromatic carbocycles. The third-order valence-electron chi connectivity index (χ3n) is 2.44. The maximum absolute atomic E-state index is 10.8. The van der Waals surface area contributed by atoms with Crippen LogP contribution in [0.2, 0.25) is 0 Å². The fourth-order valence-corrected chi connectivity index (χ4v) is 1.98. The second-order valence-electron chi connectivity index (χ2n) is 3.76. The highest BCUT2D eigenvalue weighted by Crippen LogP contribution is 2.17. The van der Waals surface area contributed by atoms with Gasteiger partial charge in [-0.2, -0.15) is 8.42 Å². The van der Waals surface area contributed by atoms with Crippen LogP contribution in [0.25, 0.3) is 0 Å². The molecule has 0 saturated carbocycles. The minimum atomic E-state index is -3.36. The van der Waals surface area contributed by atoms with E-state index in [2.05, 4.69) is 0 Å². The van der Waals surface area contributed by atoms with E-state index in [1.807, 2.05) is 0 Å². The van der Waals surface area contributed by atoms with Crippen molar-refractivity contribution in [1.29, 1.82) is 0 Å². The van der Waals surface area contributed by atoms with E-state index in [-0.39, 0.29) is 12.5 Å². The lowest BCUT2D eigenvalue weighted by atomic mass is 9.98. The zero-order chi connectivity index (χ0) is 11.5. The van der Waals surface area contributed by atoms with Gasteiger partial charge >= 0.3 is 6.03 Å². The molecule has 2 N–H and O–H groups in total. The van der Waals surface area contributed by atoms with Crippen molar-refractivity contribution in [3.05, 3.63) is 0 Å². The van der Waals surface area contributed by atoms with E-state index in [4.69, 9.17) is 9.92 Å². The summed E-state index contributed by atoms with van der Waals surface area (Å²) < 4.78 is 26.2. The molecule has 1 heterocycles. The maximum Gasteiger partial charge on any atom is 0.314 e. The number of hydrogen-bond acceptors (Lipinski definition) is 4. The molecule has 0 bridgehead atoms. The summed E-state index contributed by atoms with van der Waals surface area (Å²) in [7, 11) is -3.36. The predicted molar refractivity (Wildman–Crippen MR) is 54.7 cm³/mol. The van der Waals surface area contributed by atoms with Crippen LogP contribution in [-0.4, -0.2) is 45.3 Å². The summed E-state index contributed by atoms with van der Waals surface area (Å²) in [5.41, 5.74) is 5.12. The van der Waals surface area contributed by atoms with Gasteiger partial charge in [-0.3, -0.25) is 4.18 Å². The molecule has 0 unspecified atom stereocenters. The van der Waals surface area contributed by atoms with Crippen LogP contribution >= 0.6 is 0 Å². The van der Waals surface area contributed by atoms with Gasteiger partial charge in [0.1, 0.15) is 0 Å². The van der Waals surface area contributed by atoms with Gasteiger partial charge in [0.05, 0.1) is 12.9 Å². The van der Waals surface area contributed by atoms with Crippen LogP contribution in [0.1, 0.15) is 12.8 Å². The third kappa shape index (κ3) is 4.48. The highest BCUT2D eigenvalue weighted by Gasteiger charge is 2.22. The number of likely N-dealkylation sites (tertiary alicyclic amines) is 1. The average molecular weight is 236 g/mol. The first-order chi connectivity index (χ1) is 6.88. The van der Waals surface area contributed by atoms with Crippen molar-refractivity contribution < 1.29 is 17.4 Å². The van der Waals surface area contributed by atoms with Gasteiger partial charge in [0, 0.05) is 13.1 Å². The summed E-state index contributed by atoms with van der Waals surface area (Å²) in [6, 6.07) is -0.419. The number of nitrogens with two attached hydrogens (primary N) is 1. The number of urea groups is 1. The topological polar surface area (TPSA) is 89.7 Å². The Morgan fingerprint density at radius 1 is 1.47 bits per heavy atom. The quantitative estimate of drug-likeness (QED) is 0.684. The fraction of sp³-hybridized carbons (Fsp3) is 0.875. The van der Waals surface area contributed by atoms with Crippen LogP contribution in [0.15, 0.2) is 0 Å². The smallest absolute Gasteiger partial charge is 0.314 e. The number of hydrogen-bond donors (Lipinski definition) is 1. The molecule has 1 saturated heterocycles. The number of amides is 2. The van der Waals surface area contributed by atoms with Crippen molar-refractivity contribution in [3.8, 4) is 0 Å². The van der Waals surface area contributed by atoms with Crippen LogP contribution < -0.4 is 5.73 Å². The largest absolute Gasteiger partial charge is 0.351 e. The van der Waals surface area contributed by atoms with Crippen molar-refractivity contribution >= 4 is 16.1 Å². The van der Waals surface area contributed by atoms with Gasteiger partial charge < -0.3 is 10.6 Å². The molecular formula is C8H16N2O4S. The normalized spacial score (nSPS) is 19.1. The Morgan fingerprint density at radius 2 is 2.00 bits per heavy atom. The minimum Gasteiger partial charge on any atom is -0.351 e.